The van der Waals surface area contributed by atoms with E-state index >= 15 is 0 Å². The lowest BCUT2D eigenvalue weighted by Crippen LogP contribution is -2.18. The fourth-order valence-electron chi connectivity index (χ4n) is 2.66. The van der Waals surface area contributed by atoms with Crippen molar-refractivity contribution in [1.29, 1.82) is 5.26 Å². The monoisotopic (exact) mass is 423 g/mol. The third-order valence-corrected chi connectivity index (χ3v) is 3.98. The number of hydrogen-bond donors (Lipinski definition) is 1. The number of nitriles is 1. The Morgan fingerprint density at radius 1 is 0.933 bits per heavy atom. The summed E-state index contributed by atoms with van der Waals surface area (Å²) in [5, 5.41) is 11.5. The van der Waals surface area contributed by atoms with Crippen molar-refractivity contribution in [2.75, 3.05) is 5.32 Å². The SMILES string of the molecule is N#Cc1c(C(F)(F)F)cc(C(F)(F)F)nc1NCc1ncccc1-c1ccccn1. The molecule has 5 nitrogen and oxygen atoms in total. The molecule has 154 valence electrons. The highest BCUT2D eigenvalue weighted by Gasteiger charge is 2.41. The van der Waals surface area contributed by atoms with E-state index in [1.807, 2.05) is 0 Å². The van der Waals surface area contributed by atoms with Gasteiger partial charge in [0.2, 0.25) is 0 Å². The molecule has 0 aromatic carbocycles. The lowest BCUT2D eigenvalue weighted by atomic mass is 10.1. The van der Waals surface area contributed by atoms with Crippen molar-refractivity contribution in [3.63, 3.8) is 0 Å². The molecule has 0 unspecified atom stereocenters. The molecule has 0 aliphatic rings. The molecule has 11 heteroatoms. The highest BCUT2D eigenvalue weighted by Crippen LogP contribution is 2.38. The van der Waals surface area contributed by atoms with Crippen LogP contribution in [0.2, 0.25) is 0 Å². The molecule has 1 N–H and O–H groups in total. The fraction of sp³-hybridized carbons (Fsp3) is 0.158. The van der Waals surface area contributed by atoms with Crippen LogP contribution >= 0.6 is 0 Å². The van der Waals surface area contributed by atoms with Crippen LogP contribution in [-0.4, -0.2) is 15.0 Å². The summed E-state index contributed by atoms with van der Waals surface area (Å²) in [5.74, 6) is -0.836. The summed E-state index contributed by atoms with van der Waals surface area (Å²) in [5.41, 5.74) is -3.19. The van der Waals surface area contributed by atoms with Gasteiger partial charge in [-0.2, -0.15) is 31.6 Å². The lowest BCUT2D eigenvalue weighted by Gasteiger charge is -2.17. The summed E-state index contributed by atoms with van der Waals surface area (Å²) in [6.07, 6.45) is -7.37. The van der Waals surface area contributed by atoms with Crippen LogP contribution in [0.4, 0.5) is 32.2 Å². The molecule has 0 fully saturated rings. The summed E-state index contributed by atoms with van der Waals surface area (Å²) in [6.45, 7) is -0.285. The van der Waals surface area contributed by atoms with E-state index in [2.05, 4.69) is 20.3 Å². The molecule has 3 rings (SSSR count). The normalized spacial score (nSPS) is 11.8. The Morgan fingerprint density at radius 3 is 2.27 bits per heavy atom. The summed E-state index contributed by atoms with van der Waals surface area (Å²) in [7, 11) is 0. The Bertz CT molecular complexity index is 1090. The Morgan fingerprint density at radius 2 is 1.67 bits per heavy atom. The van der Waals surface area contributed by atoms with Crippen LogP contribution in [0.15, 0.2) is 48.8 Å². The third-order valence-electron chi connectivity index (χ3n) is 3.98. The van der Waals surface area contributed by atoms with E-state index in [1.54, 1.807) is 30.3 Å². The first-order valence-electron chi connectivity index (χ1n) is 8.30. The minimum atomic E-state index is -5.17. The van der Waals surface area contributed by atoms with Crippen molar-refractivity contribution in [2.24, 2.45) is 0 Å². The number of nitrogens with zero attached hydrogens (tertiary/aromatic N) is 4. The molecule has 3 heterocycles. The predicted molar refractivity (Wildman–Crippen MR) is 93.8 cm³/mol. The molecule has 3 aromatic heterocycles. The summed E-state index contributed by atoms with van der Waals surface area (Å²) < 4.78 is 78.9. The molecule has 0 saturated heterocycles. The molecule has 0 radical (unpaired) electrons. The van der Waals surface area contributed by atoms with Crippen LogP contribution in [0, 0.1) is 11.3 Å². The Labute approximate surface area is 166 Å². The zero-order valence-electron chi connectivity index (χ0n) is 14.9. The molecule has 0 amide bonds. The van der Waals surface area contributed by atoms with Gasteiger partial charge in [0.1, 0.15) is 23.1 Å². The molecule has 0 spiro atoms. The molecule has 0 atom stereocenters. The van der Waals surface area contributed by atoms with Crippen molar-refractivity contribution in [2.45, 2.75) is 18.9 Å². The summed E-state index contributed by atoms with van der Waals surface area (Å²) >= 11 is 0. The Balaban J connectivity index is 2.03. The minimum absolute atomic E-state index is 0.177. The maximum atomic E-state index is 13.2. The maximum Gasteiger partial charge on any atom is 0.433 e. The quantitative estimate of drug-likeness (QED) is 0.594. The number of anilines is 1. The van der Waals surface area contributed by atoms with Gasteiger partial charge in [-0.25, -0.2) is 4.98 Å². The molecule has 0 saturated carbocycles. The molecule has 3 aromatic rings. The van der Waals surface area contributed by atoms with Gasteiger partial charge in [-0.05, 0) is 30.3 Å². The molecular formula is C19H11F6N5. The van der Waals surface area contributed by atoms with Gasteiger partial charge in [0, 0.05) is 18.0 Å². The van der Waals surface area contributed by atoms with E-state index in [-0.39, 0.29) is 12.6 Å². The van der Waals surface area contributed by atoms with Gasteiger partial charge in [0.05, 0.1) is 23.5 Å². The van der Waals surface area contributed by atoms with Crippen LogP contribution in [-0.2, 0) is 18.9 Å². The number of alkyl halides is 6. The van der Waals surface area contributed by atoms with Crippen LogP contribution in [0.5, 0.6) is 0 Å². The number of pyridine rings is 3. The van der Waals surface area contributed by atoms with Crippen molar-refractivity contribution in [1.82, 2.24) is 15.0 Å². The van der Waals surface area contributed by atoms with Gasteiger partial charge in [-0.1, -0.05) is 6.07 Å². The summed E-state index contributed by atoms with van der Waals surface area (Å²) in [4.78, 5) is 11.5. The van der Waals surface area contributed by atoms with E-state index in [1.165, 1.54) is 18.5 Å². The van der Waals surface area contributed by atoms with Crippen molar-refractivity contribution < 1.29 is 26.3 Å². The zero-order chi connectivity index (χ0) is 21.9. The molecular weight excluding hydrogens is 412 g/mol. The van der Waals surface area contributed by atoms with E-state index in [9.17, 15) is 26.3 Å². The first kappa shape index (κ1) is 21.0. The molecule has 30 heavy (non-hydrogen) atoms. The van der Waals surface area contributed by atoms with Gasteiger partial charge in [-0.15, -0.1) is 0 Å². The van der Waals surface area contributed by atoms with Gasteiger partial charge >= 0.3 is 12.4 Å². The molecule has 0 bridgehead atoms. The van der Waals surface area contributed by atoms with Gasteiger partial charge in [0.25, 0.3) is 0 Å². The van der Waals surface area contributed by atoms with Crippen LogP contribution in [0.1, 0.15) is 22.5 Å². The van der Waals surface area contributed by atoms with E-state index in [0.717, 1.165) is 0 Å². The number of rotatable bonds is 4. The van der Waals surface area contributed by atoms with Crippen LogP contribution in [0.25, 0.3) is 11.3 Å². The molecule has 0 aliphatic carbocycles. The van der Waals surface area contributed by atoms with Crippen molar-refractivity contribution >= 4 is 5.82 Å². The number of aromatic nitrogens is 3. The topological polar surface area (TPSA) is 74.5 Å². The van der Waals surface area contributed by atoms with E-state index < -0.39 is 35.0 Å². The summed E-state index contributed by atoms with van der Waals surface area (Å²) in [6, 6.07) is 9.44. The van der Waals surface area contributed by atoms with Gasteiger partial charge in [-0.3, -0.25) is 9.97 Å². The highest BCUT2D eigenvalue weighted by atomic mass is 19.4. The first-order chi connectivity index (χ1) is 14.1. The third kappa shape index (κ3) is 4.48. The Hall–Kier alpha value is -3.68. The first-order valence-corrected chi connectivity index (χ1v) is 8.30. The second-order valence-electron chi connectivity index (χ2n) is 5.95. The average Bonchev–Trinajstić information content (AvgIpc) is 2.71. The maximum absolute atomic E-state index is 13.2. The van der Waals surface area contributed by atoms with Gasteiger partial charge < -0.3 is 5.32 Å². The predicted octanol–water partition coefficient (Wildman–Crippen LogP) is 5.06. The minimum Gasteiger partial charge on any atom is -0.363 e. The number of halogens is 6. The van der Waals surface area contributed by atoms with Crippen LogP contribution < -0.4 is 5.32 Å². The van der Waals surface area contributed by atoms with E-state index in [0.29, 0.717) is 17.0 Å². The van der Waals surface area contributed by atoms with Crippen molar-refractivity contribution in [3.05, 3.63) is 71.3 Å². The molecule has 0 aliphatic heterocycles. The largest absolute Gasteiger partial charge is 0.433 e. The average molecular weight is 423 g/mol. The smallest absolute Gasteiger partial charge is 0.363 e. The second-order valence-corrected chi connectivity index (χ2v) is 5.95. The lowest BCUT2D eigenvalue weighted by molar-refractivity contribution is -0.145. The highest BCUT2D eigenvalue weighted by molar-refractivity contribution is 5.63. The van der Waals surface area contributed by atoms with E-state index in [4.69, 9.17) is 5.26 Å². The Kier molecular flexibility index (Phi) is 5.60. The van der Waals surface area contributed by atoms with Crippen LogP contribution in [0.3, 0.4) is 0 Å². The fourth-order valence-corrected chi connectivity index (χ4v) is 2.66. The van der Waals surface area contributed by atoms with Gasteiger partial charge in [0.15, 0.2) is 0 Å². The second kappa shape index (κ2) is 7.98. The van der Waals surface area contributed by atoms with Crippen molar-refractivity contribution in [3.8, 4) is 17.3 Å². The zero-order valence-corrected chi connectivity index (χ0v) is 14.9. The number of hydrogen-bond acceptors (Lipinski definition) is 5. The number of nitrogens with one attached hydrogen (secondary N) is 1. The standard InChI is InChI=1S/C19H11F6N5/c20-18(21,22)13-8-16(19(23,24)25)30-17(12(13)9-26)29-10-15-11(4-3-7-28-15)14-5-1-2-6-27-14/h1-8H,10H2,(H,29,30).